The van der Waals surface area contributed by atoms with Crippen LogP contribution in [0, 0.1) is 6.92 Å². The lowest BCUT2D eigenvalue weighted by Gasteiger charge is -2.34. The topological polar surface area (TPSA) is 86.7 Å². The Morgan fingerprint density at radius 2 is 1.68 bits per heavy atom. The largest absolute Gasteiger partial charge is 0.471 e. The Morgan fingerprint density at radius 1 is 0.974 bits per heavy atom. The number of anilines is 2. The highest BCUT2D eigenvalue weighted by Gasteiger charge is 2.47. The summed E-state index contributed by atoms with van der Waals surface area (Å²) in [6.45, 7) is 4.77. The molecule has 0 radical (unpaired) electrons. The number of aromatic nitrogens is 2. The quantitative estimate of drug-likeness (QED) is 0.496. The van der Waals surface area contributed by atoms with E-state index in [4.69, 9.17) is 0 Å². The van der Waals surface area contributed by atoms with Crippen molar-refractivity contribution < 1.29 is 26.4 Å². The Bertz CT molecular complexity index is 1470. The molecule has 2 aromatic carbocycles. The molecule has 0 spiro atoms. The Morgan fingerprint density at radius 3 is 2.32 bits per heavy atom. The van der Waals surface area contributed by atoms with Gasteiger partial charge >= 0.3 is 12.1 Å². The van der Waals surface area contributed by atoms with Crippen molar-refractivity contribution in [3.63, 3.8) is 0 Å². The third-order valence-electron chi connectivity index (χ3n) is 7.00. The number of rotatable bonds is 4. The van der Waals surface area contributed by atoms with Gasteiger partial charge < -0.3 is 9.80 Å². The molecule has 0 bridgehead atoms. The van der Waals surface area contributed by atoms with E-state index in [1.807, 2.05) is 48.2 Å². The van der Waals surface area contributed by atoms with Crippen LogP contribution in [0.2, 0.25) is 0 Å². The zero-order chi connectivity index (χ0) is 27.2. The minimum atomic E-state index is -5.01. The molecule has 200 valence electrons. The number of nitrogens with zero attached hydrogens (tertiary/aromatic N) is 5. The van der Waals surface area contributed by atoms with Gasteiger partial charge in [-0.05, 0) is 61.7 Å². The van der Waals surface area contributed by atoms with Crippen molar-refractivity contribution in [1.29, 1.82) is 0 Å². The summed E-state index contributed by atoms with van der Waals surface area (Å²) >= 11 is 0. The highest BCUT2D eigenvalue weighted by Crippen LogP contribution is 2.37. The standard InChI is InChI=1S/C26H26F3N5O3S/c1-17-5-3-4-6-21(17)22-8-10-24(31-30-22)32-11-13-33(14-12-32)38(36,37)20-7-9-23-19(16-20)15-18(2)34(23)25(35)26(27,28)29/h3-10,16,18H,11-15H2,1-2H3. The Labute approximate surface area is 218 Å². The van der Waals surface area contributed by atoms with Gasteiger partial charge in [-0.25, -0.2) is 8.42 Å². The Kier molecular flexibility index (Phi) is 6.64. The maximum atomic E-state index is 13.3. The lowest BCUT2D eigenvalue weighted by atomic mass is 10.1. The number of benzene rings is 2. The Hall–Kier alpha value is -3.51. The van der Waals surface area contributed by atoms with E-state index in [0.29, 0.717) is 29.4 Å². The maximum absolute atomic E-state index is 13.3. The predicted octanol–water partition coefficient (Wildman–Crippen LogP) is 3.80. The smallest absolute Gasteiger partial charge is 0.352 e. The van der Waals surface area contributed by atoms with E-state index < -0.39 is 28.1 Å². The van der Waals surface area contributed by atoms with Gasteiger partial charge in [0.2, 0.25) is 10.0 Å². The van der Waals surface area contributed by atoms with Gasteiger partial charge in [0.1, 0.15) is 0 Å². The molecule has 1 unspecified atom stereocenters. The number of carbonyl (C=O) groups excluding carboxylic acids is 1. The summed E-state index contributed by atoms with van der Waals surface area (Å²) in [5.41, 5.74) is 3.34. The van der Waals surface area contributed by atoms with E-state index in [-0.39, 0.29) is 30.1 Å². The highest BCUT2D eigenvalue weighted by molar-refractivity contribution is 7.89. The number of sulfonamides is 1. The van der Waals surface area contributed by atoms with Gasteiger partial charge in [-0.1, -0.05) is 24.3 Å². The summed E-state index contributed by atoms with van der Waals surface area (Å²) < 4.78 is 67.2. The number of piperazine rings is 1. The number of hydrogen-bond donors (Lipinski definition) is 0. The van der Waals surface area contributed by atoms with Crippen LogP contribution in [0.5, 0.6) is 0 Å². The molecule has 3 heterocycles. The van der Waals surface area contributed by atoms with Crippen LogP contribution in [0.4, 0.5) is 24.7 Å². The first-order chi connectivity index (χ1) is 18.0. The third-order valence-corrected chi connectivity index (χ3v) is 8.89. The number of amides is 1. The molecule has 3 aromatic rings. The van der Waals surface area contributed by atoms with Crippen LogP contribution < -0.4 is 9.80 Å². The molecule has 8 nitrogen and oxygen atoms in total. The molecule has 0 saturated carbocycles. The molecule has 2 aliphatic rings. The van der Waals surface area contributed by atoms with Gasteiger partial charge in [0, 0.05) is 43.5 Å². The van der Waals surface area contributed by atoms with E-state index in [1.54, 1.807) is 0 Å². The lowest BCUT2D eigenvalue weighted by Crippen LogP contribution is -2.49. The molecule has 5 rings (SSSR count). The molecule has 0 N–H and O–H groups in total. The first-order valence-electron chi connectivity index (χ1n) is 12.1. The highest BCUT2D eigenvalue weighted by atomic mass is 32.2. The summed E-state index contributed by atoms with van der Waals surface area (Å²) in [5, 5.41) is 8.70. The number of fused-ring (bicyclic) bond motifs is 1. The van der Waals surface area contributed by atoms with E-state index >= 15 is 0 Å². The first kappa shape index (κ1) is 26.1. The maximum Gasteiger partial charge on any atom is 0.471 e. The fourth-order valence-electron chi connectivity index (χ4n) is 5.02. The molecule has 12 heteroatoms. The second kappa shape index (κ2) is 9.66. The van der Waals surface area contributed by atoms with Crippen molar-refractivity contribution in [2.45, 2.75) is 37.4 Å². The molecule has 1 fully saturated rings. The monoisotopic (exact) mass is 545 g/mol. The van der Waals surface area contributed by atoms with Crippen LogP contribution in [0.25, 0.3) is 11.3 Å². The van der Waals surface area contributed by atoms with Crippen LogP contribution in [0.3, 0.4) is 0 Å². The number of carbonyl (C=O) groups is 1. The van der Waals surface area contributed by atoms with Crippen LogP contribution in [0.15, 0.2) is 59.5 Å². The van der Waals surface area contributed by atoms with Gasteiger partial charge in [-0.15, -0.1) is 10.2 Å². The molecule has 1 atom stereocenters. The zero-order valence-corrected chi connectivity index (χ0v) is 21.6. The molecule has 38 heavy (non-hydrogen) atoms. The summed E-state index contributed by atoms with van der Waals surface area (Å²) in [5.74, 6) is -1.30. The zero-order valence-electron chi connectivity index (χ0n) is 20.8. The Balaban J connectivity index is 1.28. The molecule has 0 aliphatic carbocycles. The molecule has 2 aliphatic heterocycles. The number of hydrogen-bond acceptors (Lipinski definition) is 6. The summed E-state index contributed by atoms with van der Waals surface area (Å²) in [4.78, 5) is 14.5. The first-order valence-corrected chi connectivity index (χ1v) is 13.6. The molecule has 1 amide bonds. The average Bonchev–Trinajstić information content (AvgIpc) is 3.23. The van der Waals surface area contributed by atoms with Gasteiger partial charge in [0.05, 0.1) is 10.6 Å². The fourth-order valence-corrected chi connectivity index (χ4v) is 6.49. The van der Waals surface area contributed by atoms with Crippen molar-refractivity contribution in [3.8, 4) is 11.3 Å². The molecule has 1 saturated heterocycles. The van der Waals surface area contributed by atoms with Crippen molar-refractivity contribution in [2.75, 3.05) is 36.0 Å². The van der Waals surface area contributed by atoms with E-state index in [1.165, 1.54) is 29.4 Å². The van der Waals surface area contributed by atoms with Crippen molar-refractivity contribution in [3.05, 3.63) is 65.7 Å². The summed E-state index contributed by atoms with van der Waals surface area (Å²) in [7, 11) is -3.88. The second-order valence-electron chi connectivity index (χ2n) is 9.50. The van der Waals surface area contributed by atoms with E-state index in [0.717, 1.165) is 16.8 Å². The predicted molar refractivity (Wildman–Crippen MR) is 136 cm³/mol. The van der Waals surface area contributed by atoms with Gasteiger partial charge in [-0.2, -0.15) is 17.5 Å². The van der Waals surface area contributed by atoms with E-state index in [2.05, 4.69) is 10.2 Å². The molecule has 1 aromatic heterocycles. The second-order valence-corrected chi connectivity index (χ2v) is 11.4. The summed E-state index contributed by atoms with van der Waals surface area (Å²) in [6.07, 6.45) is -4.86. The third kappa shape index (κ3) is 4.73. The number of alkyl halides is 3. The number of aryl methyl sites for hydroxylation is 1. The SMILES string of the molecule is Cc1ccccc1-c1ccc(N2CCN(S(=O)(=O)c3ccc4c(c3)CC(C)N4C(=O)C(F)(F)F)CC2)nn1. The summed E-state index contributed by atoms with van der Waals surface area (Å²) in [6, 6.07) is 14.9. The normalized spacial score (nSPS) is 18.5. The van der Waals surface area contributed by atoms with Crippen molar-refractivity contribution in [1.82, 2.24) is 14.5 Å². The van der Waals surface area contributed by atoms with Gasteiger partial charge in [0.25, 0.3) is 0 Å². The van der Waals surface area contributed by atoms with Crippen molar-refractivity contribution >= 4 is 27.4 Å². The number of halogens is 3. The van der Waals surface area contributed by atoms with Gasteiger partial charge in [0.15, 0.2) is 5.82 Å². The van der Waals surface area contributed by atoms with Crippen molar-refractivity contribution in [2.24, 2.45) is 0 Å². The van der Waals surface area contributed by atoms with Crippen LogP contribution in [-0.4, -0.2) is 67.2 Å². The van der Waals surface area contributed by atoms with Crippen LogP contribution >= 0.6 is 0 Å². The minimum absolute atomic E-state index is 0.000540. The average molecular weight is 546 g/mol. The minimum Gasteiger partial charge on any atom is -0.352 e. The van der Waals surface area contributed by atoms with Crippen LogP contribution in [0.1, 0.15) is 18.1 Å². The van der Waals surface area contributed by atoms with E-state index in [9.17, 15) is 26.4 Å². The van der Waals surface area contributed by atoms with Crippen LogP contribution in [-0.2, 0) is 21.2 Å². The fraction of sp³-hybridized carbons (Fsp3) is 0.346. The lowest BCUT2D eigenvalue weighted by molar-refractivity contribution is -0.170. The molecular formula is C26H26F3N5O3S. The molecular weight excluding hydrogens is 519 g/mol. The van der Waals surface area contributed by atoms with Gasteiger partial charge in [-0.3, -0.25) is 4.79 Å².